The zero-order valence-electron chi connectivity index (χ0n) is 26.1. The van der Waals surface area contributed by atoms with Crippen molar-refractivity contribution >= 4 is 29.4 Å². The number of ether oxygens (including phenoxy) is 3. The lowest BCUT2D eigenvalue weighted by atomic mass is 9.98. The first-order valence-corrected chi connectivity index (χ1v) is 16.2. The Bertz CT molecular complexity index is 1670. The van der Waals surface area contributed by atoms with E-state index in [-0.39, 0.29) is 29.4 Å². The number of rotatable bonds is 8. The molecule has 0 bridgehead atoms. The molecule has 1 atom stereocenters. The summed E-state index contributed by atoms with van der Waals surface area (Å²) in [5.74, 6) is 3.17. The number of hydrogen-bond acceptors (Lipinski definition) is 7. The topological polar surface area (TPSA) is 86.1 Å². The molecule has 0 spiro atoms. The summed E-state index contributed by atoms with van der Waals surface area (Å²) in [7, 11) is 4.90. The van der Waals surface area contributed by atoms with Gasteiger partial charge >= 0.3 is 0 Å². The minimum Gasteiger partial charge on any atom is -0.497 e. The van der Waals surface area contributed by atoms with Crippen molar-refractivity contribution in [2.24, 2.45) is 5.92 Å². The molecule has 0 radical (unpaired) electrons. The van der Waals surface area contributed by atoms with E-state index in [1.54, 1.807) is 30.9 Å². The number of carbonyl (C=O) groups excluding carboxylic acids is 2. The van der Waals surface area contributed by atoms with Crippen LogP contribution in [0.3, 0.4) is 0 Å². The lowest BCUT2D eigenvalue weighted by Crippen LogP contribution is -2.46. The van der Waals surface area contributed by atoms with Crippen LogP contribution in [0.1, 0.15) is 36.1 Å². The molecule has 1 fully saturated rings. The SMILES string of the molecule is COc1ccc(-n2nc(-c3ccccc3)c3c2N(CC(=O)N2CCC(C)CC2)C(=O)CS[C@H]3c2cc(OC)ccc2OC)cc1. The molecule has 1 aromatic heterocycles. The molecule has 3 heterocycles. The van der Waals surface area contributed by atoms with Gasteiger partial charge in [0.2, 0.25) is 11.8 Å². The van der Waals surface area contributed by atoms with E-state index in [4.69, 9.17) is 19.3 Å². The van der Waals surface area contributed by atoms with Gasteiger partial charge in [-0.15, -0.1) is 11.8 Å². The number of carbonyl (C=O) groups is 2. The first-order chi connectivity index (χ1) is 21.9. The van der Waals surface area contributed by atoms with E-state index in [0.717, 1.165) is 40.9 Å². The number of aromatic nitrogens is 2. The number of anilines is 1. The molecular weight excluding hydrogens is 588 g/mol. The van der Waals surface area contributed by atoms with Crippen LogP contribution in [0.2, 0.25) is 0 Å². The van der Waals surface area contributed by atoms with Crippen molar-refractivity contribution in [3.8, 4) is 34.2 Å². The Hall–Kier alpha value is -4.44. The quantitative estimate of drug-likeness (QED) is 0.237. The molecule has 4 aromatic rings. The summed E-state index contributed by atoms with van der Waals surface area (Å²) >= 11 is 1.50. The number of likely N-dealkylation sites (tertiary alicyclic amines) is 1. The molecule has 0 unspecified atom stereocenters. The van der Waals surface area contributed by atoms with Gasteiger partial charge in [-0.2, -0.15) is 5.10 Å². The van der Waals surface area contributed by atoms with Gasteiger partial charge in [0.25, 0.3) is 0 Å². The van der Waals surface area contributed by atoms with E-state index < -0.39 is 0 Å². The summed E-state index contributed by atoms with van der Waals surface area (Å²) in [6.07, 6.45) is 1.92. The van der Waals surface area contributed by atoms with Gasteiger partial charge in [0.05, 0.1) is 43.7 Å². The maximum absolute atomic E-state index is 14.1. The number of benzene rings is 3. The largest absolute Gasteiger partial charge is 0.497 e. The van der Waals surface area contributed by atoms with Gasteiger partial charge in [-0.05, 0) is 61.2 Å². The molecule has 0 aliphatic carbocycles. The fourth-order valence-electron chi connectivity index (χ4n) is 6.01. The molecule has 0 N–H and O–H groups in total. The van der Waals surface area contributed by atoms with Crippen molar-refractivity contribution in [3.63, 3.8) is 0 Å². The molecular formula is C35H38N4O5S. The smallest absolute Gasteiger partial charge is 0.242 e. The zero-order chi connectivity index (χ0) is 31.5. The van der Waals surface area contributed by atoms with Crippen LogP contribution < -0.4 is 19.1 Å². The Morgan fingerprint density at radius 1 is 0.911 bits per heavy atom. The molecule has 9 nitrogen and oxygen atoms in total. The second kappa shape index (κ2) is 13.3. The summed E-state index contributed by atoms with van der Waals surface area (Å²) in [5.41, 5.74) is 4.07. The van der Waals surface area contributed by atoms with Crippen LogP contribution in [0, 0.1) is 5.92 Å². The molecule has 1 saturated heterocycles. The fraction of sp³-hybridized carbons (Fsp3) is 0.343. The molecule has 6 rings (SSSR count). The first kappa shape index (κ1) is 30.6. The second-order valence-corrected chi connectivity index (χ2v) is 12.5. The first-order valence-electron chi connectivity index (χ1n) is 15.2. The average Bonchev–Trinajstić information content (AvgIpc) is 3.41. The van der Waals surface area contributed by atoms with E-state index in [1.807, 2.05) is 77.7 Å². The summed E-state index contributed by atoms with van der Waals surface area (Å²) in [6, 6.07) is 23.2. The van der Waals surface area contributed by atoms with Crippen LogP contribution in [-0.4, -0.2) is 73.2 Å². The van der Waals surface area contributed by atoms with E-state index in [1.165, 1.54) is 11.8 Å². The van der Waals surface area contributed by atoms with Crippen LogP contribution in [0.25, 0.3) is 16.9 Å². The number of amides is 2. The fourth-order valence-corrected chi connectivity index (χ4v) is 7.23. The van der Waals surface area contributed by atoms with Crippen molar-refractivity contribution in [1.29, 1.82) is 0 Å². The highest BCUT2D eigenvalue weighted by Gasteiger charge is 2.39. The van der Waals surface area contributed by atoms with Gasteiger partial charge in [0.15, 0.2) is 0 Å². The highest BCUT2D eigenvalue weighted by atomic mass is 32.2. The standard InChI is InChI=1S/C35H38N4O5S/c1-23-16-18-37(19-17-23)30(40)21-38-31(41)22-45-34(28-20-27(43-3)14-15-29(28)44-4)32-33(24-8-6-5-7-9-24)36-39(35(32)38)25-10-12-26(42-2)13-11-25/h5-15,20,23,34H,16-19,21-22H2,1-4H3/t34-/m0/s1. The maximum atomic E-state index is 14.1. The third-order valence-electron chi connectivity index (χ3n) is 8.60. The number of methoxy groups -OCH3 is 3. The highest BCUT2D eigenvalue weighted by molar-refractivity contribution is 8.00. The second-order valence-electron chi connectivity index (χ2n) is 11.4. The third-order valence-corrected chi connectivity index (χ3v) is 9.84. The van der Waals surface area contributed by atoms with Crippen molar-refractivity contribution in [2.75, 3.05) is 51.6 Å². The Labute approximate surface area is 268 Å². The van der Waals surface area contributed by atoms with Gasteiger partial charge in [-0.1, -0.05) is 37.3 Å². The average molecular weight is 627 g/mol. The van der Waals surface area contributed by atoms with Crippen LogP contribution in [0.15, 0.2) is 72.8 Å². The molecule has 2 aliphatic heterocycles. The minimum absolute atomic E-state index is 0.0626. The Morgan fingerprint density at radius 3 is 2.27 bits per heavy atom. The van der Waals surface area contributed by atoms with Crippen LogP contribution in [0.4, 0.5) is 5.82 Å². The highest BCUT2D eigenvalue weighted by Crippen LogP contribution is 2.51. The van der Waals surface area contributed by atoms with Crippen molar-refractivity contribution in [1.82, 2.24) is 14.7 Å². The number of thioether (sulfide) groups is 1. The predicted molar refractivity (Wildman–Crippen MR) is 177 cm³/mol. The van der Waals surface area contributed by atoms with E-state index in [2.05, 4.69) is 6.92 Å². The molecule has 234 valence electrons. The predicted octanol–water partition coefficient (Wildman–Crippen LogP) is 5.99. The summed E-state index contributed by atoms with van der Waals surface area (Å²) in [5, 5.41) is 4.83. The lowest BCUT2D eigenvalue weighted by molar-refractivity contribution is -0.132. The van der Waals surface area contributed by atoms with E-state index in [0.29, 0.717) is 42.1 Å². The Morgan fingerprint density at radius 2 is 1.60 bits per heavy atom. The molecule has 0 saturated carbocycles. The van der Waals surface area contributed by atoms with E-state index >= 15 is 0 Å². The van der Waals surface area contributed by atoms with Crippen molar-refractivity contribution in [3.05, 3.63) is 83.9 Å². The van der Waals surface area contributed by atoms with Gasteiger partial charge < -0.3 is 19.1 Å². The van der Waals surface area contributed by atoms with Crippen molar-refractivity contribution in [2.45, 2.75) is 25.0 Å². The van der Waals surface area contributed by atoms with Crippen LogP contribution >= 0.6 is 11.8 Å². The Balaban J connectivity index is 1.59. The van der Waals surface area contributed by atoms with Gasteiger partial charge in [-0.25, -0.2) is 4.68 Å². The maximum Gasteiger partial charge on any atom is 0.242 e. The van der Waals surface area contributed by atoms with Gasteiger partial charge in [0, 0.05) is 29.8 Å². The van der Waals surface area contributed by atoms with Crippen molar-refractivity contribution < 1.29 is 23.8 Å². The number of hydrogen-bond donors (Lipinski definition) is 0. The molecule has 10 heteroatoms. The number of piperidine rings is 1. The van der Waals surface area contributed by atoms with Gasteiger partial charge in [-0.3, -0.25) is 14.5 Å². The normalized spacial score (nSPS) is 17.1. The van der Waals surface area contributed by atoms with Crippen LogP contribution in [-0.2, 0) is 9.59 Å². The Kier molecular flexibility index (Phi) is 9.02. The minimum atomic E-state index is -0.354. The number of nitrogens with zero attached hydrogens (tertiary/aromatic N) is 4. The molecule has 2 amide bonds. The molecule has 3 aromatic carbocycles. The summed E-state index contributed by atoms with van der Waals surface area (Å²) in [4.78, 5) is 31.5. The van der Waals surface area contributed by atoms with Crippen LogP contribution in [0.5, 0.6) is 17.2 Å². The number of fused-ring (bicyclic) bond motifs is 1. The third kappa shape index (κ3) is 6.11. The van der Waals surface area contributed by atoms with E-state index in [9.17, 15) is 9.59 Å². The summed E-state index contributed by atoms with van der Waals surface area (Å²) < 4.78 is 18.7. The summed E-state index contributed by atoms with van der Waals surface area (Å²) in [6.45, 7) is 3.54. The van der Waals surface area contributed by atoms with Gasteiger partial charge in [0.1, 0.15) is 29.6 Å². The zero-order valence-corrected chi connectivity index (χ0v) is 26.9. The lowest BCUT2D eigenvalue weighted by Gasteiger charge is -2.32. The molecule has 2 aliphatic rings. The molecule has 45 heavy (non-hydrogen) atoms. The monoisotopic (exact) mass is 626 g/mol.